The smallest absolute Gasteiger partial charge is 0.317 e. The number of carbonyl (C=O) groups excluding carboxylic acids is 1. The van der Waals surface area contributed by atoms with Crippen molar-refractivity contribution in [3.8, 4) is 5.75 Å². The second kappa shape index (κ2) is 2.97. The van der Waals surface area contributed by atoms with Crippen LogP contribution in [0, 0.1) is 11.7 Å². The number of halogens is 1. The lowest BCUT2D eigenvalue weighted by atomic mass is 9.93. The number of carbonyl (C=O) groups is 1. The number of rotatable bonds is 2. The number of ether oxygens (including phenoxy) is 2. The molecular formula is C12H11FO3. The van der Waals surface area contributed by atoms with Gasteiger partial charge < -0.3 is 9.47 Å². The van der Waals surface area contributed by atoms with Crippen molar-refractivity contribution in [2.45, 2.75) is 11.8 Å². The van der Waals surface area contributed by atoms with Gasteiger partial charge in [-0.3, -0.25) is 4.79 Å². The van der Waals surface area contributed by atoms with Crippen LogP contribution in [0.2, 0.25) is 0 Å². The Balaban J connectivity index is 2.13. The maximum absolute atomic E-state index is 13.2. The van der Waals surface area contributed by atoms with Crippen molar-refractivity contribution in [3.63, 3.8) is 0 Å². The van der Waals surface area contributed by atoms with Gasteiger partial charge in [-0.2, -0.15) is 0 Å². The van der Waals surface area contributed by atoms with Gasteiger partial charge in [0.15, 0.2) is 0 Å². The Bertz CT molecular complexity index is 471. The first-order valence-electron chi connectivity index (χ1n) is 5.20. The topological polar surface area (TPSA) is 35.5 Å². The minimum Gasteiger partial charge on any atom is -0.496 e. The summed E-state index contributed by atoms with van der Waals surface area (Å²) < 4.78 is 23.4. The van der Waals surface area contributed by atoms with Gasteiger partial charge in [0.25, 0.3) is 0 Å². The van der Waals surface area contributed by atoms with Gasteiger partial charge in [0.2, 0.25) is 0 Å². The van der Waals surface area contributed by atoms with E-state index in [2.05, 4.69) is 0 Å². The van der Waals surface area contributed by atoms with Gasteiger partial charge in [0.1, 0.15) is 17.0 Å². The van der Waals surface area contributed by atoms with E-state index in [9.17, 15) is 9.18 Å². The maximum atomic E-state index is 13.2. The molecule has 2 aliphatic rings. The van der Waals surface area contributed by atoms with Crippen LogP contribution in [-0.4, -0.2) is 19.7 Å². The number of hydrogen-bond donors (Lipinski definition) is 0. The van der Waals surface area contributed by atoms with E-state index in [0.29, 0.717) is 17.9 Å². The molecule has 3 rings (SSSR count). The molecule has 0 radical (unpaired) electrons. The van der Waals surface area contributed by atoms with Crippen LogP contribution in [0.15, 0.2) is 18.2 Å². The maximum Gasteiger partial charge on any atom is 0.317 e. The summed E-state index contributed by atoms with van der Waals surface area (Å²) in [6.45, 7) is 0.443. The Labute approximate surface area is 92.2 Å². The van der Waals surface area contributed by atoms with E-state index in [1.807, 2.05) is 0 Å². The van der Waals surface area contributed by atoms with Crippen LogP contribution >= 0.6 is 0 Å². The molecule has 84 valence electrons. The van der Waals surface area contributed by atoms with E-state index in [0.717, 1.165) is 6.42 Å². The summed E-state index contributed by atoms with van der Waals surface area (Å²) >= 11 is 0. The Kier molecular flexibility index (Phi) is 1.79. The third kappa shape index (κ3) is 1.04. The highest BCUT2D eigenvalue weighted by Crippen LogP contribution is 2.60. The molecule has 1 aliphatic heterocycles. The third-order valence-corrected chi connectivity index (χ3v) is 3.53. The predicted molar refractivity (Wildman–Crippen MR) is 53.7 cm³/mol. The average molecular weight is 222 g/mol. The zero-order chi connectivity index (χ0) is 11.3. The van der Waals surface area contributed by atoms with Gasteiger partial charge >= 0.3 is 5.97 Å². The second-order valence-electron chi connectivity index (χ2n) is 4.32. The van der Waals surface area contributed by atoms with Crippen LogP contribution in [0.25, 0.3) is 0 Å². The van der Waals surface area contributed by atoms with Crippen molar-refractivity contribution in [2.24, 2.45) is 5.92 Å². The third-order valence-electron chi connectivity index (χ3n) is 3.53. The number of hydrogen-bond acceptors (Lipinski definition) is 3. The van der Waals surface area contributed by atoms with E-state index in [-0.39, 0.29) is 17.7 Å². The van der Waals surface area contributed by atoms with Crippen molar-refractivity contribution in [2.75, 3.05) is 13.7 Å². The molecule has 1 aliphatic carbocycles. The highest BCUT2D eigenvalue weighted by Gasteiger charge is 2.67. The lowest BCUT2D eigenvalue weighted by Gasteiger charge is -2.14. The Morgan fingerprint density at radius 2 is 2.38 bits per heavy atom. The largest absolute Gasteiger partial charge is 0.496 e. The van der Waals surface area contributed by atoms with Crippen LogP contribution in [-0.2, 0) is 14.9 Å². The quantitative estimate of drug-likeness (QED) is 0.714. The predicted octanol–water partition coefficient (Wildman–Crippen LogP) is 1.65. The molecule has 2 atom stereocenters. The van der Waals surface area contributed by atoms with Crippen LogP contribution in [0.3, 0.4) is 0 Å². The lowest BCUT2D eigenvalue weighted by molar-refractivity contribution is -0.142. The summed E-state index contributed by atoms with van der Waals surface area (Å²) in [5.74, 6) is 0.148. The zero-order valence-electron chi connectivity index (χ0n) is 8.83. The van der Waals surface area contributed by atoms with Crippen molar-refractivity contribution in [3.05, 3.63) is 29.6 Å². The highest BCUT2D eigenvalue weighted by atomic mass is 19.1. The molecule has 1 heterocycles. The Morgan fingerprint density at radius 3 is 2.94 bits per heavy atom. The van der Waals surface area contributed by atoms with Crippen molar-refractivity contribution >= 4 is 5.97 Å². The first kappa shape index (κ1) is 9.63. The van der Waals surface area contributed by atoms with Gasteiger partial charge in [-0.05, 0) is 24.6 Å². The van der Waals surface area contributed by atoms with Gasteiger partial charge in [-0.1, -0.05) is 0 Å². The number of esters is 1. The molecule has 1 aromatic carbocycles. The molecule has 0 bridgehead atoms. The van der Waals surface area contributed by atoms with Crippen molar-refractivity contribution in [1.82, 2.24) is 0 Å². The fourth-order valence-electron chi connectivity index (χ4n) is 2.55. The summed E-state index contributed by atoms with van der Waals surface area (Å²) in [4.78, 5) is 11.7. The molecule has 3 nitrogen and oxygen atoms in total. The minimum atomic E-state index is -0.632. The number of fused-ring (bicyclic) bond motifs is 1. The molecule has 0 N–H and O–H groups in total. The SMILES string of the molecule is COc1ccc(F)cc1C12CC1COC2=O. The summed E-state index contributed by atoms with van der Waals surface area (Å²) in [5.41, 5.74) is -0.00419. The molecule has 1 saturated carbocycles. The van der Waals surface area contributed by atoms with E-state index < -0.39 is 5.41 Å². The summed E-state index contributed by atoms with van der Waals surface area (Å²) in [6.07, 6.45) is 0.742. The molecular weight excluding hydrogens is 211 g/mol. The molecule has 0 amide bonds. The first-order valence-corrected chi connectivity index (χ1v) is 5.20. The average Bonchev–Trinajstić information content (AvgIpc) is 2.94. The normalized spacial score (nSPS) is 30.9. The van der Waals surface area contributed by atoms with Gasteiger partial charge in [0, 0.05) is 11.5 Å². The fraction of sp³-hybridized carbons (Fsp3) is 0.417. The monoisotopic (exact) mass is 222 g/mol. The van der Waals surface area contributed by atoms with Crippen molar-refractivity contribution in [1.29, 1.82) is 0 Å². The first-order chi connectivity index (χ1) is 7.68. The zero-order valence-corrected chi connectivity index (χ0v) is 8.83. The van der Waals surface area contributed by atoms with E-state index in [1.54, 1.807) is 6.07 Å². The van der Waals surface area contributed by atoms with Crippen LogP contribution < -0.4 is 4.74 Å². The van der Waals surface area contributed by atoms with Gasteiger partial charge in [-0.25, -0.2) is 4.39 Å². The summed E-state index contributed by atoms with van der Waals surface area (Å²) in [6, 6.07) is 4.27. The highest BCUT2D eigenvalue weighted by molar-refractivity contribution is 5.90. The Hall–Kier alpha value is -1.58. The van der Waals surface area contributed by atoms with Crippen LogP contribution in [0.5, 0.6) is 5.75 Å². The van der Waals surface area contributed by atoms with E-state index >= 15 is 0 Å². The minimum absolute atomic E-state index is 0.190. The number of methoxy groups -OCH3 is 1. The molecule has 0 aromatic heterocycles. The fourth-order valence-corrected chi connectivity index (χ4v) is 2.55. The number of benzene rings is 1. The summed E-state index contributed by atoms with van der Waals surface area (Å²) in [7, 11) is 1.52. The van der Waals surface area contributed by atoms with Gasteiger partial charge in [-0.15, -0.1) is 0 Å². The molecule has 2 fully saturated rings. The standard InChI is InChI=1S/C12H11FO3/c1-15-10-3-2-8(13)4-9(10)12-5-7(12)6-16-11(12)14/h2-4,7H,5-6H2,1H3. The van der Waals surface area contributed by atoms with Crippen LogP contribution in [0.4, 0.5) is 4.39 Å². The van der Waals surface area contributed by atoms with Gasteiger partial charge in [0.05, 0.1) is 13.7 Å². The molecule has 4 heteroatoms. The Morgan fingerprint density at radius 1 is 1.56 bits per heavy atom. The van der Waals surface area contributed by atoms with E-state index in [4.69, 9.17) is 9.47 Å². The lowest BCUT2D eigenvalue weighted by Crippen LogP contribution is -2.19. The molecule has 16 heavy (non-hydrogen) atoms. The molecule has 1 aromatic rings. The molecule has 2 unspecified atom stereocenters. The van der Waals surface area contributed by atoms with E-state index in [1.165, 1.54) is 19.2 Å². The van der Waals surface area contributed by atoms with Crippen LogP contribution in [0.1, 0.15) is 12.0 Å². The number of cyclic esters (lactones) is 1. The molecule has 0 spiro atoms. The second-order valence-corrected chi connectivity index (χ2v) is 4.32. The summed E-state index contributed by atoms with van der Waals surface area (Å²) in [5, 5.41) is 0. The molecule has 1 saturated heterocycles. The van der Waals surface area contributed by atoms with Crippen molar-refractivity contribution < 1.29 is 18.7 Å².